The SMILES string of the molecule is O=C1CCC(N2C(=O)c3cc(F)c(N4CCN(CC5CCN(CCOc6ccc([C@@H]7c8ccc(O)cc8CC[C@@H]7c7ccccc7)cc6)CC5)CC4)cc3C2=O)C(=O)N1. The number of phenolic OH excluding ortho intramolecular Hbond substituents is 1. The van der Waals surface area contributed by atoms with Crippen LogP contribution in [0.3, 0.4) is 0 Å². The Labute approximate surface area is 343 Å². The second-order valence-electron chi connectivity index (χ2n) is 16.7. The molecular weight excluding hydrogens is 750 g/mol. The lowest BCUT2D eigenvalue weighted by Crippen LogP contribution is -2.54. The number of carbonyl (C=O) groups excluding carboxylic acids is 4. The fraction of sp³-hybridized carbons (Fsp3) is 0.404. The topological polar surface area (TPSA) is 123 Å². The number of aryl methyl sites for hydroxylation is 1. The zero-order chi connectivity index (χ0) is 40.6. The van der Waals surface area contributed by atoms with Crippen LogP contribution in [0.2, 0.25) is 0 Å². The van der Waals surface area contributed by atoms with Crippen molar-refractivity contribution in [3.8, 4) is 11.5 Å². The number of imide groups is 2. The Morgan fingerprint density at radius 2 is 1.46 bits per heavy atom. The molecule has 1 aliphatic carbocycles. The summed E-state index contributed by atoms with van der Waals surface area (Å²) in [7, 11) is 0. The Balaban J connectivity index is 0.731. The van der Waals surface area contributed by atoms with Crippen molar-refractivity contribution in [2.24, 2.45) is 5.92 Å². The molecule has 11 nitrogen and oxygen atoms in total. The predicted molar refractivity (Wildman–Crippen MR) is 220 cm³/mol. The van der Waals surface area contributed by atoms with Crippen molar-refractivity contribution < 1.29 is 33.4 Å². The molecule has 4 heterocycles. The number of fused-ring (bicyclic) bond motifs is 2. The summed E-state index contributed by atoms with van der Waals surface area (Å²) in [5, 5.41) is 12.4. The number of nitrogens with zero attached hydrogens (tertiary/aromatic N) is 4. The van der Waals surface area contributed by atoms with Crippen molar-refractivity contribution in [2.45, 2.75) is 56.4 Å². The van der Waals surface area contributed by atoms with Gasteiger partial charge in [0, 0.05) is 51.6 Å². The van der Waals surface area contributed by atoms with Crippen LogP contribution in [0.1, 0.15) is 86.9 Å². The standard InChI is InChI=1S/C47H50FN5O6/c48-40-27-38-39(47(58)53(46(38)57)41-14-15-43(55)49-45(41)56)28-42(40)52-22-20-51(21-23-52)29-30-16-18-50(19-17-30)24-25-59-35-10-6-32(7-11-35)44-36(31-4-2-1-3-5-31)12-8-33-26-34(54)9-13-37(33)44/h1-7,9-11,13,26-28,30,36,41,44,54H,8,12,14-25,29H2,(H,49,55,56)/t36-,41?,44+/m1/s1. The summed E-state index contributed by atoms with van der Waals surface area (Å²) in [6.07, 6.45) is 4.27. The molecule has 4 amide bonds. The second kappa shape index (κ2) is 16.6. The van der Waals surface area contributed by atoms with E-state index in [9.17, 15) is 24.3 Å². The van der Waals surface area contributed by atoms with Crippen LogP contribution in [0, 0.1) is 11.7 Å². The number of carbonyl (C=O) groups is 4. The molecule has 0 spiro atoms. The number of hydrogen-bond acceptors (Lipinski definition) is 9. The zero-order valence-electron chi connectivity index (χ0n) is 33.2. The minimum absolute atomic E-state index is 0.0284. The summed E-state index contributed by atoms with van der Waals surface area (Å²) in [6, 6.07) is 26.6. The molecule has 0 radical (unpaired) electrons. The van der Waals surface area contributed by atoms with E-state index in [1.807, 2.05) is 11.0 Å². The van der Waals surface area contributed by atoms with Gasteiger partial charge in [0.15, 0.2) is 0 Å². The van der Waals surface area contributed by atoms with Crippen LogP contribution < -0.4 is 15.0 Å². The van der Waals surface area contributed by atoms with Gasteiger partial charge in [-0.15, -0.1) is 0 Å². The molecule has 0 aromatic heterocycles. The van der Waals surface area contributed by atoms with Gasteiger partial charge in [-0.05, 0) is 116 Å². The maximum Gasteiger partial charge on any atom is 0.262 e. The van der Waals surface area contributed by atoms with Crippen LogP contribution >= 0.6 is 0 Å². The normalized spacial score (nSPS) is 23.0. The van der Waals surface area contributed by atoms with Gasteiger partial charge in [-0.2, -0.15) is 0 Å². The molecule has 9 rings (SSSR count). The predicted octanol–water partition coefficient (Wildman–Crippen LogP) is 5.71. The second-order valence-corrected chi connectivity index (χ2v) is 16.7. The number of piperazine rings is 1. The Kier molecular flexibility index (Phi) is 10.9. The molecule has 5 aliphatic rings. The van der Waals surface area contributed by atoms with E-state index >= 15 is 4.39 Å². The summed E-state index contributed by atoms with van der Waals surface area (Å²) >= 11 is 0. The molecule has 1 unspecified atom stereocenters. The third-order valence-corrected chi connectivity index (χ3v) is 13.2. The summed E-state index contributed by atoms with van der Waals surface area (Å²) < 4.78 is 21.7. The van der Waals surface area contributed by atoms with Crippen molar-refractivity contribution in [1.82, 2.24) is 20.0 Å². The fourth-order valence-corrected chi connectivity index (χ4v) is 9.99. The van der Waals surface area contributed by atoms with E-state index < -0.39 is 35.5 Å². The summed E-state index contributed by atoms with van der Waals surface area (Å²) in [4.78, 5) is 58.2. The highest BCUT2D eigenvalue weighted by molar-refractivity contribution is 6.23. The molecule has 4 aromatic carbocycles. The van der Waals surface area contributed by atoms with E-state index in [2.05, 4.69) is 75.8 Å². The average molecular weight is 800 g/mol. The highest BCUT2D eigenvalue weighted by atomic mass is 19.1. The van der Waals surface area contributed by atoms with E-state index in [4.69, 9.17) is 4.74 Å². The first-order valence-corrected chi connectivity index (χ1v) is 21.0. The average Bonchev–Trinajstić information content (AvgIpc) is 3.48. The van der Waals surface area contributed by atoms with Gasteiger partial charge >= 0.3 is 0 Å². The quantitative estimate of drug-likeness (QED) is 0.195. The van der Waals surface area contributed by atoms with Gasteiger partial charge in [0.1, 0.15) is 30.0 Å². The highest BCUT2D eigenvalue weighted by Gasteiger charge is 2.45. The molecule has 3 fully saturated rings. The molecule has 3 atom stereocenters. The van der Waals surface area contributed by atoms with Gasteiger partial charge in [0.2, 0.25) is 11.8 Å². The van der Waals surface area contributed by atoms with Gasteiger partial charge in [0.05, 0.1) is 16.8 Å². The van der Waals surface area contributed by atoms with Crippen LogP contribution in [0.5, 0.6) is 11.5 Å². The van der Waals surface area contributed by atoms with Crippen molar-refractivity contribution in [3.05, 3.63) is 124 Å². The molecule has 0 saturated carbocycles. The Morgan fingerprint density at radius 1 is 0.729 bits per heavy atom. The lowest BCUT2D eigenvalue weighted by molar-refractivity contribution is -0.136. The van der Waals surface area contributed by atoms with Crippen molar-refractivity contribution in [2.75, 3.05) is 63.9 Å². The van der Waals surface area contributed by atoms with Crippen molar-refractivity contribution in [1.29, 1.82) is 0 Å². The number of nitrogens with one attached hydrogen (secondary N) is 1. The third kappa shape index (κ3) is 7.95. The van der Waals surface area contributed by atoms with E-state index in [1.54, 1.807) is 6.07 Å². The number of anilines is 1. The first-order valence-electron chi connectivity index (χ1n) is 21.0. The number of likely N-dealkylation sites (tertiary alicyclic amines) is 1. The lowest BCUT2D eigenvalue weighted by Gasteiger charge is -2.39. The Morgan fingerprint density at radius 3 is 2.19 bits per heavy atom. The third-order valence-electron chi connectivity index (χ3n) is 13.2. The summed E-state index contributed by atoms with van der Waals surface area (Å²) in [6.45, 7) is 7.25. The first kappa shape index (κ1) is 38.9. The smallest absolute Gasteiger partial charge is 0.262 e. The summed E-state index contributed by atoms with van der Waals surface area (Å²) in [5.74, 6) is -0.697. The van der Waals surface area contributed by atoms with Gasteiger partial charge in [-0.25, -0.2) is 4.39 Å². The van der Waals surface area contributed by atoms with Gasteiger partial charge < -0.3 is 14.7 Å². The molecule has 59 heavy (non-hydrogen) atoms. The van der Waals surface area contributed by atoms with Crippen molar-refractivity contribution in [3.63, 3.8) is 0 Å². The molecule has 4 aliphatic heterocycles. The van der Waals surface area contributed by atoms with E-state index in [1.165, 1.54) is 28.3 Å². The zero-order valence-corrected chi connectivity index (χ0v) is 33.2. The maximum absolute atomic E-state index is 15.4. The largest absolute Gasteiger partial charge is 0.508 e. The highest BCUT2D eigenvalue weighted by Crippen LogP contribution is 2.47. The lowest BCUT2D eigenvalue weighted by atomic mass is 9.69. The number of phenols is 1. The van der Waals surface area contributed by atoms with Crippen LogP contribution in [0.4, 0.5) is 10.1 Å². The number of benzene rings is 4. The maximum atomic E-state index is 15.4. The van der Waals surface area contributed by atoms with E-state index in [-0.39, 0.29) is 35.6 Å². The molecule has 0 bridgehead atoms. The fourth-order valence-electron chi connectivity index (χ4n) is 9.99. The number of amides is 4. The van der Waals surface area contributed by atoms with Crippen LogP contribution in [-0.2, 0) is 16.0 Å². The molecule has 12 heteroatoms. The van der Waals surface area contributed by atoms with E-state index in [0.29, 0.717) is 37.3 Å². The Hall–Kier alpha value is -5.59. The Bertz CT molecular complexity index is 2240. The number of aromatic hydroxyl groups is 1. The molecule has 2 N–H and O–H groups in total. The number of halogens is 1. The van der Waals surface area contributed by atoms with Crippen LogP contribution in [0.15, 0.2) is 84.9 Å². The van der Waals surface area contributed by atoms with Crippen LogP contribution in [0.25, 0.3) is 0 Å². The number of rotatable bonds is 10. The van der Waals surface area contributed by atoms with Gasteiger partial charge in [-0.3, -0.25) is 39.2 Å². The van der Waals surface area contributed by atoms with Gasteiger partial charge in [-0.1, -0.05) is 48.5 Å². The number of ether oxygens (including phenoxy) is 1. The monoisotopic (exact) mass is 799 g/mol. The van der Waals surface area contributed by atoms with Crippen LogP contribution in [-0.4, -0.2) is 108 Å². The minimum Gasteiger partial charge on any atom is -0.508 e. The van der Waals surface area contributed by atoms with Gasteiger partial charge in [0.25, 0.3) is 11.8 Å². The molecule has 306 valence electrons. The minimum atomic E-state index is -1.09. The van der Waals surface area contributed by atoms with E-state index in [0.717, 1.165) is 81.7 Å². The molecule has 3 saturated heterocycles. The first-order chi connectivity index (χ1) is 28.7. The number of piperidine rings is 2. The number of hydrogen-bond donors (Lipinski definition) is 2. The summed E-state index contributed by atoms with van der Waals surface area (Å²) in [5.41, 5.74) is 5.44. The molecular formula is C47H50FN5O6. The van der Waals surface area contributed by atoms with Crippen molar-refractivity contribution >= 4 is 29.3 Å². The molecule has 4 aromatic rings.